The minimum absolute atomic E-state index is 0.0992. The minimum Gasteiger partial charge on any atom is -0.321 e. The van der Waals surface area contributed by atoms with Gasteiger partial charge in [-0.05, 0) is 18.3 Å². The summed E-state index contributed by atoms with van der Waals surface area (Å²) in [6, 6.07) is 0.0479. The molecule has 102 valence electrons. The smallest absolute Gasteiger partial charge is 0.321 e. The maximum absolute atomic E-state index is 12.0. The number of aromatic nitrogens is 3. The summed E-state index contributed by atoms with van der Waals surface area (Å²) in [5.74, 6) is 0.708. The lowest BCUT2D eigenvalue weighted by molar-refractivity contribution is 0.280. The predicted octanol–water partition coefficient (Wildman–Crippen LogP) is 2.12. The minimum atomic E-state index is -0.224. The van der Waals surface area contributed by atoms with Crippen LogP contribution in [0.25, 0.3) is 0 Å². The third kappa shape index (κ3) is 2.51. The zero-order chi connectivity index (χ0) is 13.3. The highest BCUT2D eigenvalue weighted by molar-refractivity contribution is 5.01. The standard InChI is InChI=1S/C13H24N4O/c1-13(2,3)10(14)11-15-16-12(18)17(11)9-7-5-4-6-8-9/h9-10H,4-8,14H2,1-3H3,(H,16,18)/t10-/m1/s1. The van der Waals surface area contributed by atoms with Gasteiger partial charge in [0.1, 0.15) is 0 Å². The van der Waals surface area contributed by atoms with E-state index in [1.54, 1.807) is 4.57 Å². The van der Waals surface area contributed by atoms with Crippen molar-refractivity contribution in [1.29, 1.82) is 0 Å². The van der Waals surface area contributed by atoms with Crippen molar-refractivity contribution < 1.29 is 0 Å². The van der Waals surface area contributed by atoms with Crippen molar-refractivity contribution in [3.05, 3.63) is 16.3 Å². The summed E-state index contributed by atoms with van der Waals surface area (Å²) in [6.45, 7) is 6.21. The number of hydrogen-bond donors (Lipinski definition) is 2. The summed E-state index contributed by atoms with van der Waals surface area (Å²) in [6.07, 6.45) is 5.76. The van der Waals surface area contributed by atoms with Gasteiger partial charge in [0.05, 0.1) is 6.04 Å². The van der Waals surface area contributed by atoms with E-state index in [1.165, 1.54) is 19.3 Å². The molecule has 0 aromatic carbocycles. The van der Waals surface area contributed by atoms with Crippen molar-refractivity contribution in [2.75, 3.05) is 0 Å². The van der Waals surface area contributed by atoms with Gasteiger partial charge >= 0.3 is 5.69 Å². The Hall–Kier alpha value is -1.10. The molecule has 0 amide bonds. The van der Waals surface area contributed by atoms with Crippen LogP contribution in [0.5, 0.6) is 0 Å². The van der Waals surface area contributed by atoms with Crippen molar-refractivity contribution in [3.8, 4) is 0 Å². The Morgan fingerprint density at radius 3 is 2.50 bits per heavy atom. The Bertz CT molecular complexity index is 448. The summed E-state index contributed by atoms with van der Waals surface area (Å²) in [7, 11) is 0. The fourth-order valence-electron chi connectivity index (χ4n) is 2.62. The highest BCUT2D eigenvalue weighted by Gasteiger charge is 2.30. The Balaban J connectivity index is 2.35. The van der Waals surface area contributed by atoms with Crippen LogP contribution < -0.4 is 11.4 Å². The molecule has 0 spiro atoms. The van der Waals surface area contributed by atoms with Gasteiger partial charge in [0.25, 0.3) is 0 Å². The van der Waals surface area contributed by atoms with Crippen LogP contribution in [0.2, 0.25) is 0 Å². The zero-order valence-electron chi connectivity index (χ0n) is 11.6. The topological polar surface area (TPSA) is 76.7 Å². The van der Waals surface area contributed by atoms with E-state index in [1.807, 2.05) is 0 Å². The number of nitrogens with one attached hydrogen (secondary N) is 1. The van der Waals surface area contributed by atoms with Crippen molar-refractivity contribution >= 4 is 0 Å². The van der Waals surface area contributed by atoms with Gasteiger partial charge < -0.3 is 5.73 Å². The first-order chi connectivity index (χ1) is 8.41. The Kier molecular flexibility index (Phi) is 3.61. The molecule has 0 radical (unpaired) electrons. The number of H-pyrrole nitrogens is 1. The fraction of sp³-hybridized carbons (Fsp3) is 0.846. The molecule has 1 aromatic rings. The van der Waals surface area contributed by atoms with E-state index in [0.29, 0.717) is 5.82 Å². The fourth-order valence-corrected chi connectivity index (χ4v) is 2.62. The molecule has 0 bridgehead atoms. The normalized spacial score (nSPS) is 20.0. The maximum atomic E-state index is 12.0. The van der Waals surface area contributed by atoms with Gasteiger partial charge in [0, 0.05) is 6.04 Å². The third-order valence-corrected chi connectivity index (χ3v) is 3.88. The molecule has 1 heterocycles. The van der Waals surface area contributed by atoms with Gasteiger partial charge in [0.15, 0.2) is 5.82 Å². The molecule has 1 saturated carbocycles. The van der Waals surface area contributed by atoms with E-state index in [2.05, 4.69) is 31.0 Å². The third-order valence-electron chi connectivity index (χ3n) is 3.88. The summed E-state index contributed by atoms with van der Waals surface area (Å²) >= 11 is 0. The first-order valence-electron chi connectivity index (χ1n) is 6.83. The highest BCUT2D eigenvalue weighted by atomic mass is 16.1. The molecular weight excluding hydrogens is 228 g/mol. The number of rotatable bonds is 2. The van der Waals surface area contributed by atoms with Crippen LogP contribution in [0.3, 0.4) is 0 Å². The molecular formula is C13H24N4O. The molecule has 0 aliphatic heterocycles. The van der Waals surface area contributed by atoms with E-state index in [0.717, 1.165) is 12.8 Å². The van der Waals surface area contributed by atoms with Gasteiger partial charge in [-0.25, -0.2) is 9.89 Å². The molecule has 5 heteroatoms. The predicted molar refractivity (Wildman–Crippen MR) is 71.4 cm³/mol. The van der Waals surface area contributed by atoms with Crippen molar-refractivity contribution in [1.82, 2.24) is 14.8 Å². The second-order valence-electron chi connectivity index (χ2n) is 6.39. The molecule has 1 aliphatic rings. The first kappa shape index (κ1) is 13.3. The molecule has 0 unspecified atom stereocenters. The Morgan fingerprint density at radius 2 is 1.94 bits per heavy atom. The summed E-state index contributed by atoms with van der Waals surface area (Å²) < 4.78 is 1.80. The zero-order valence-corrected chi connectivity index (χ0v) is 11.6. The van der Waals surface area contributed by atoms with Crippen LogP contribution in [0, 0.1) is 5.41 Å². The van der Waals surface area contributed by atoms with Crippen molar-refractivity contribution in [2.45, 2.75) is 65.0 Å². The van der Waals surface area contributed by atoms with Crippen LogP contribution in [-0.4, -0.2) is 14.8 Å². The Labute approximate surface area is 108 Å². The summed E-state index contributed by atoms with van der Waals surface area (Å²) in [5, 5.41) is 6.72. The molecule has 18 heavy (non-hydrogen) atoms. The van der Waals surface area contributed by atoms with Crippen LogP contribution in [0.4, 0.5) is 0 Å². The lowest BCUT2D eigenvalue weighted by Gasteiger charge is -2.29. The van der Waals surface area contributed by atoms with Crippen molar-refractivity contribution in [3.63, 3.8) is 0 Å². The molecule has 1 aliphatic carbocycles. The van der Waals surface area contributed by atoms with Gasteiger partial charge in [-0.3, -0.25) is 4.57 Å². The van der Waals surface area contributed by atoms with Gasteiger partial charge in [-0.1, -0.05) is 40.0 Å². The largest absolute Gasteiger partial charge is 0.343 e. The van der Waals surface area contributed by atoms with Crippen LogP contribution in [0.15, 0.2) is 4.79 Å². The van der Waals surface area contributed by atoms with E-state index in [9.17, 15) is 4.79 Å². The van der Waals surface area contributed by atoms with E-state index < -0.39 is 0 Å². The average Bonchev–Trinajstić information content (AvgIpc) is 2.70. The van der Waals surface area contributed by atoms with E-state index in [-0.39, 0.29) is 23.2 Å². The summed E-state index contributed by atoms with van der Waals surface area (Å²) in [4.78, 5) is 12.0. The second-order valence-corrected chi connectivity index (χ2v) is 6.39. The number of nitrogens with two attached hydrogens (primary N) is 1. The molecule has 5 nitrogen and oxygen atoms in total. The lowest BCUT2D eigenvalue weighted by atomic mass is 9.86. The van der Waals surface area contributed by atoms with Crippen LogP contribution in [-0.2, 0) is 0 Å². The molecule has 1 fully saturated rings. The summed E-state index contributed by atoms with van der Waals surface area (Å²) in [5.41, 5.74) is 6.04. The first-order valence-corrected chi connectivity index (χ1v) is 6.83. The monoisotopic (exact) mass is 252 g/mol. The lowest BCUT2D eigenvalue weighted by Crippen LogP contribution is -2.33. The molecule has 1 aromatic heterocycles. The molecule has 2 rings (SSSR count). The van der Waals surface area contributed by atoms with E-state index in [4.69, 9.17) is 5.73 Å². The van der Waals surface area contributed by atoms with Crippen LogP contribution >= 0.6 is 0 Å². The maximum Gasteiger partial charge on any atom is 0.343 e. The van der Waals surface area contributed by atoms with E-state index >= 15 is 0 Å². The Morgan fingerprint density at radius 1 is 1.33 bits per heavy atom. The SMILES string of the molecule is CC(C)(C)[C@H](N)c1n[nH]c(=O)n1C1CCCCC1. The average molecular weight is 252 g/mol. The highest BCUT2D eigenvalue weighted by Crippen LogP contribution is 2.33. The quantitative estimate of drug-likeness (QED) is 0.846. The van der Waals surface area contributed by atoms with Crippen molar-refractivity contribution in [2.24, 2.45) is 11.1 Å². The molecule has 0 saturated heterocycles. The van der Waals surface area contributed by atoms with Crippen LogP contribution in [0.1, 0.15) is 70.8 Å². The molecule has 1 atom stereocenters. The second kappa shape index (κ2) is 4.88. The van der Waals surface area contributed by atoms with Gasteiger partial charge in [-0.15, -0.1) is 0 Å². The number of hydrogen-bond acceptors (Lipinski definition) is 3. The van der Waals surface area contributed by atoms with Gasteiger partial charge in [-0.2, -0.15) is 5.10 Å². The number of aromatic amines is 1. The van der Waals surface area contributed by atoms with Gasteiger partial charge in [0.2, 0.25) is 0 Å². The number of nitrogens with zero attached hydrogens (tertiary/aromatic N) is 2. The molecule has 3 N–H and O–H groups in total.